The van der Waals surface area contributed by atoms with Gasteiger partial charge in [0.15, 0.2) is 0 Å². The van der Waals surface area contributed by atoms with E-state index in [-0.39, 0.29) is 18.5 Å². The summed E-state index contributed by atoms with van der Waals surface area (Å²) < 4.78 is 72.6. The van der Waals surface area contributed by atoms with Gasteiger partial charge in [-0.2, -0.15) is 21.6 Å². The second-order valence-corrected chi connectivity index (χ2v) is 7.40. The molecule has 2 rings (SSSR count). The Bertz CT molecular complexity index is 1030. The highest BCUT2D eigenvalue weighted by atomic mass is 32.2. The molecule has 1 aromatic heterocycles. The minimum Gasteiger partial charge on any atom is -0.370 e. The van der Waals surface area contributed by atoms with Crippen molar-refractivity contribution >= 4 is 26.9 Å². The molecule has 0 spiro atoms. The summed E-state index contributed by atoms with van der Waals surface area (Å²) in [4.78, 5) is 22.2. The van der Waals surface area contributed by atoms with E-state index < -0.39 is 43.6 Å². The maximum Gasteiger partial charge on any atom is 0.417 e. The quantitative estimate of drug-likeness (QED) is 0.540. The molecule has 27 heavy (non-hydrogen) atoms. The number of halogens is 3. The molecule has 0 aliphatic heterocycles. The number of fused-ring (bicyclic) bond motifs is 1. The molecule has 2 aromatic rings. The highest BCUT2D eigenvalue weighted by molar-refractivity contribution is 7.85. The Morgan fingerprint density at radius 1 is 1.15 bits per heavy atom. The van der Waals surface area contributed by atoms with Crippen molar-refractivity contribution in [3.8, 4) is 0 Å². The van der Waals surface area contributed by atoms with Crippen molar-refractivity contribution < 1.29 is 30.9 Å². The number of primary amides is 1. The maximum atomic E-state index is 13.3. The van der Waals surface area contributed by atoms with Crippen LogP contribution < -0.4 is 11.3 Å². The Kier molecular flexibility index (Phi) is 5.95. The van der Waals surface area contributed by atoms with Crippen molar-refractivity contribution in [2.45, 2.75) is 43.3 Å². The Hall–Kier alpha value is -2.40. The van der Waals surface area contributed by atoms with Gasteiger partial charge >= 0.3 is 6.18 Å². The van der Waals surface area contributed by atoms with E-state index in [9.17, 15) is 31.2 Å². The van der Waals surface area contributed by atoms with Crippen molar-refractivity contribution in [1.29, 1.82) is 0 Å². The van der Waals surface area contributed by atoms with Crippen molar-refractivity contribution in [1.82, 2.24) is 4.57 Å². The standard InChI is InChI=1S/C16H17F3N2O5S/c17-16(18,19)12-9-15(23)21(7-3-1-2-4-14(20)22)13-6-5-10(8-11(12)13)27(24,25)26/h5-6,8-9H,1-4,7H2,(H2,20,22)(H,24,25,26). The maximum absolute atomic E-state index is 13.3. The summed E-state index contributed by atoms with van der Waals surface area (Å²) in [6.07, 6.45) is -3.29. The average Bonchev–Trinajstić information content (AvgIpc) is 2.53. The molecule has 3 N–H and O–H groups in total. The summed E-state index contributed by atoms with van der Waals surface area (Å²) in [5.41, 5.74) is 2.76. The number of carbonyl (C=O) groups is 1. The number of pyridine rings is 1. The minimum absolute atomic E-state index is 0.0808. The van der Waals surface area contributed by atoms with Gasteiger partial charge in [0.2, 0.25) is 5.91 Å². The third-order valence-electron chi connectivity index (χ3n) is 3.99. The first-order valence-corrected chi connectivity index (χ1v) is 9.36. The van der Waals surface area contributed by atoms with Crippen LogP contribution in [0.25, 0.3) is 10.9 Å². The van der Waals surface area contributed by atoms with Crippen LogP contribution in [0.5, 0.6) is 0 Å². The zero-order valence-electron chi connectivity index (χ0n) is 14.0. The fourth-order valence-electron chi connectivity index (χ4n) is 2.74. The molecule has 0 saturated heterocycles. The second kappa shape index (κ2) is 7.69. The molecule has 0 saturated carbocycles. The molecule has 148 valence electrons. The lowest BCUT2D eigenvalue weighted by molar-refractivity contribution is -0.136. The molecule has 11 heteroatoms. The minimum atomic E-state index is -4.88. The monoisotopic (exact) mass is 406 g/mol. The summed E-state index contributed by atoms with van der Waals surface area (Å²) in [5, 5.41) is -0.505. The number of hydrogen-bond acceptors (Lipinski definition) is 4. The molecule has 7 nitrogen and oxygen atoms in total. The molecule has 0 fully saturated rings. The fourth-order valence-corrected chi connectivity index (χ4v) is 3.24. The molecule has 1 heterocycles. The summed E-state index contributed by atoms with van der Waals surface area (Å²) in [7, 11) is -4.71. The van der Waals surface area contributed by atoms with Crippen LogP contribution in [-0.2, 0) is 27.6 Å². The lowest BCUT2D eigenvalue weighted by Gasteiger charge is -2.16. The zero-order valence-corrected chi connectivity index (χ0v) is 14.8. The van der Waals surface area contributed by atoms with Crippen LogP contribution in [0.1, 0.15) is 31.2 Å². The van der Waals surface area contributed by atoms with Crippen LogP contribution in [0.3, 0.4) is 0 Å². The molecular weight excluding hydrogens is 389 g/mol. The van der Waals surface area contributed by atoms with E-state index >= 15 is 0 Å². The van der Waals surface area contributed by atoms with Gasteiger partial charge in [0.25, 0.3) is 15.7 Å². The summed E-state index contributed by atoms with van der Waals surface area (Å²) in [5.74, 6) is -0.468. The smallest absolute Gasteiger partial charge is 0.370 e. The van der Waals surface area contributed by atoms with Crippen molar-refractivity contribution in [2.75, 3.05) is 0 Å². The molecule has 0 radical (unpaired) electrons. The number of amides is 1. The molecule has 0 atom stereocenters. The van der Waals surface area contributed by atoms with Crippen LogP contribution in [0.15, 0.2) is 34.0 Å². The lowest BCUT2D eigenvalue weighted by atomic mass is 10.1. The molecule has 1 aromatic carbocycles. The van der Waals surface area contributed by atoms with Gasteiger partial charge in [0.1, 0.15) is 0 Å². The van der Waals surface area contributed by atoms with E-state index in [1.54, 1.807) is 0 Å². The summed E-state index contributed by atoms with van der Waals surface area (Å²) in [6, 6.07) is 3.08. The van der Waals surface area contributed by atoms with Crippen LogP contribution in [0, 0.1) is 0 Å². The van der Waals surface area contributed by atoms with Gasteiger partial charge in [-0.15, -0.1) is 0 Å². The number of nitrogens with two attached hydrogens (primary N) is 1. The number of aromatic nitrogens is 1. The van der Waals surface area contributed by atoms with Crippen molar-refractivity contribution in [3.05, 3.63) is 40.2 Å². The normalized spacial score (nSPS) is 12.4. The molecule has 0 aliphatic carbocycles. The largest absolute Gasteiger partial charge is 0.417 e. The fraction of sp³-hybridized carbons (Fsp3) is 0.375. The first kappa shape index (κ1) is 20.9. The zero-order chi connectivity index (χ0) is 20.4. The number of nitrogens with zero attached hydrogens (tertiary/aromatic N) is 1. The Morgan fingerprint density at radius 3 is 2.37 bits per heavy atom. The highest BCUT2D eigenvalue weighted by Gasteiger charge is 2.34. The predicted octanol–water partition coefficient (Wildman–Crippen LogP) is 2.31. The van der Waals surface area contributed by atoms with Gasteiger partial charge in [-0.05, 0) is 31.0 Å². The second-order valence-electron chi connectivity index (χ2n) is 5.98. The first-order chi connectivity index (χ1) is 12.4. The molecular formula is C16H17F3N2O5S. The summed E-state index contributed by atoms with van der Waals surface area (Å²) >= 11 is 0. The molecule has 0 bridgehead atoms. The Morgan fingerprint density at radius 2 is 1.81 bits per heavy atom. The third kappa shape index (κ3) is 5.07. The van der Waals surface area contributed by atoms with Crippen LogP contribution >= 0.6 is 0 Å². The Balaban J connectivity index is 2.51. The highest BCUT2D eigenvalue weighted by Crippen LogP contribution is 2.34. The lowest BCUT2D eigenvalue weighted by Crippen LogP contribution is -2.23. The number of aryl methyl sites for hydroxylation is 1. The van der Waals surface area contributed by atoms with Crippen molar-refractivity contribution in [2.24, 2.45) is 5.73 Å². The summed E-state index contributed by atoms with van der Waals surface area (Å²) in [6.45, 7) is 0.0808. The number of rotatable bonds is 7. The van der Waals surface area contributed by atoms with E-state index in [1.165, 1.54) is 0 Å². The van der Waals surface area contributed by atoms with E-state index in [0.29, 0.717) is 31.4 Å². The average molecular weight is 406 g/mol. The third-order valence-corrected chi connectivity index (χ3v) is 4.84. The number of hydrogen-bond donors (Lipinski definition) is 2. The van der Waals surface area contributed by atoms with E-state index in [0.717, 1.165) is 16.7 Å². The number of carbonyl (C=O) groups excluding carboxylic acids is 1. The molecule has 0 unspecified atom stereocenters. The topological polar surface area (TPSA) is 119 Å². The van der Waals surface area contributed by atoms with E-state index in [1.807, 2.05) is 0 Å². The van der Waals surface area contributed by atoms with E-state index in [2.05, 4.69) is 0 Å². The van der Waals surface area contributed by atoms with Gasteiger partial charge < -0.3 is 10.3 Å². The predicted molar refractivity (Wildman–Crippen MR) is 90.7 cm³/mol. The van der Waals surface area contributed by atoms with Crippen LogP contribution in [-0.4, -0.2) is 23.4 Å². The van der Waals surface area contributed by atoms with Gasteiger partial charge in [-0.1, -0.05) is 6.42 Å². The number of alkyl halides is 3. The van der Waals surface area contributed by atoms with Gasteiger partial charge in [-0.3, -0.25) is 14.1 Å². The van der Waals surface area contributed by atoms with Gasteiger partial charge in [0, 0.05) is 24.4 Å². The Labute approximate surface area is 152 Å². The van der Waals surface area contributed by atoms with Crippen LogP contribution in [0.4, 0.5) is 13.2 Å². The number of benzene rings is 1. The number of unbranched alkanes of at least 4 members (excludes halogenated alkanes) is 2. The van der Waals surface area contributed by atoms with E-state index in [4.69, 9.17) is 10.3 Å². The van der Waals surface area contributed by atoms with Crippen molar-refractivity contribution in [3.63, 3.8) is 0 Å². The van der Waals surface area contributed by atoms with Gasteiger partial charge in [-0.25, -0.2) is 0 Å². The molecule has 1 amide bonds. The van der Waals surface area contributed by atoms with Gasteiger partial charge in [0.05, 0.1) is 16.0 Å². The molecule has 0 aliphatic rings. The SMILES string of the molecule is NC(=O)CCCCCn1c(=O)cc(C(F)(F)F)c2cc(S(=O)(=O)O)ccc21. The first-order valence-electron chi connectivity index (χ1n) is 7.92. The van der Waals surface area contributed by atoms with Crippen LogP contribution in [0.2, 0.25) is 0 Å².